The highest BCUT2D eigenvalue weighted by atomic mass is 14.0. The van der Waals surface area contributed by atoms with E-state index in [0.717, 1.165) is 0 Å². The first-order valence-electron chi connectivity index (χ1n) is 6.71. The van der Waals surface area contributed by atoms with Gasteiger partial charge in [-0.3, -0.25) is 0 Å². The minimum Gasteiger partial charge on any atom is -0.0888 e. The van der Waals surface area contributed by atoms with Gasteiger partial charge in [0.1, 0.15) is 0 Å². The predicted octanol–water partition coefficient (Wildman–Crippen LogP) is 5.69. The van der Waals surface area contributed by atoms with Crippen LogP contribution >= 0.6 is 0 Å². The number of hydrogen-bond acceptors (Lipinski definition) is 0. The third kappa shape index (κ3) is 13.7. The highest BCUT2D eigenvalue weighted by Gasteiger charge is 1.94. The van der Waals surface area contributed by atoms with E-state index < -0.39 is 0 Å². The lowest BCUT2D eigenvalue weighted by molar-refractivity contribution is 0.585. The van der Waals surface area contributed by atoms with Gasteiger partial charge in [0.25, 0.3) is 0 Å². The van der Waals surface area contributed by atoms with Gasteiger partial charge in [0.2, 0.25) is 0 Å². The fourth-order valence-electron chi connectivity index (χ4n) is 1.73. The molecule has 1 radical (unpaired) electrons. The zero-order valence-electron chi connectivity index (χ0n) is 11.0. The number of unbranched alkanes of at least 4 members (excludes halogenated alkanes) is 6. The topological polar surface area (TPSA) is 0 Å². The van der Waals surface area contributed by atoms with Gasteiger partial charge in [0.15, 0.2) is 0 Å². The van der Waals surface area contributed by atoms with Crippen LogP contribution in [0, 0.1) is 5.92 Å². The first kappa shape index (κ1) is 14.7. The lowest BCUT2D eigenvalue weighted by atomic mass is 10.0. The number of rotatable bonds is 10. The maximum Gasteiger partial charge on any atom is -0.0303 e. The fourth-order valence-corrected chi connectivity index (χ4v) is 1.73. The van der Waals surface area contributed by atoms with Crippen LogP contribution in [0.1, 0.15) is 78.6 Å². The van der Waals surface area contributed by atoms with Crippen LogP contribution in [-0.2, 0) is 0 Å². The Bertz CT molecular complexity index is 133. The van der Waals surface area contributed by atoms with Gasteiger partial charge >= 0.3 is 0 Å². The molecule has 0 fully saturated rings. The summed E-state index contributed by atoms with van der Waals surface area (Å²) in [7, 11) is 0. The summed E-state index contributed by atoms with van der Waals surface area (Å²) in [5, 5.41) is 0. The van der Waals surface area contributed by atoms with Crippen LogP contribution in [-0.4, -0.2) is 0 Å². The normalized spacial score (nSPS) is 11.7. The summed E-state index contributed by atoms with van der Waals surface area (Å²) in [6.07, 6.45) is 16.9. The summed E-state index contributed by atoms with van der Waals surface area (Å²) in [4.78, 5) is 0. The van der Waals surface area contributed by atoms with E-state index in [4.69, 9.17) is 0 Å². The van der Waals surface area contributed by atoms with Crippen molar-refractivity contribution in [3.8, 4) is 0 Å². The second-order valence-electron chi connectivity index (χ2n) is 4.75. The molecule has 0 spiro atoms. The van der Waals surface area contributed by atoms with Crippen molar-refractivity contribution in [3.63, 3.8) is 0 Å². The second-order valence-corrected chi connectivity index (χ2v) is 4.75. The molecule has 15 heavy (non-hydrogen) atoms. The minimum atomic E-state index is 1.19. The van der Waals surface area contributed by atoms with Crippen molar-refractivity contribution < 1.29 is 0 Å². The summed E-state index contributed by atoms with van der Waals surface area (Å²) < 4.78 is 0. The molecule has 0 nitrogen and oxygen atoms in total. The van der Waals surface area contributed by atoms with Crippen molar-refractivity contribution in [2.24, 2.45) is 0 Å². The Labute approximate surface area is 97.2 Å². The Balaban J connectivity index is 2.96. The molecule has 0 N–H and O–H groups in total. The van der Waals surface area contributed by atoms with Crippen LogP contribution in [0.2, 0.25) is 0 Å². The molecule has 0 amide bonds. The first-order valence-corrected chi connectivity index (χ1v) is 6.71. The van der Waals surface area contributed by atoms with E-state index in [1.54, 1.807) is 5.92 Å². The molecule has 0 rings (SSSR count). The van der Waals surface area contributed by atoms with Crippen molar-refractivity contribution in [2.45, 2.75) is 78.6 Å². The van der Waals surface area contributed by atoms with Crippen molar-refractivity contribution in [2.75, 3.05) is 0 Å². The van der Waals surface area contributed by atoms with E-state index >= 15 is 0 Å². The van der Waals surface area contributed by atoms with Crippen LogP contribution in [0.25, 0.3) is 0 Å². The van der Waals surface area contributed by atoms with E-state index in [9.17, 15) is 0 Å². The largest absolute Gasteiger partial charge is 0.0888 e. The van der Waals surface area contributed by atoms with E-state index in [2.05, 4.69) is 32.9 Å². The molecular weight excluding hydrogens is 180 g/mol. The summed E-state index contributed by atoms with van der Waals surface area (Å²) in [6.45, 7) is 6.67. The van der Waals surface area contributed by atoms with E-state index in [-0.39, 0.29) is 0 Å². The van der Waals surface area contributed by atoms with Gasteiger partial charge in [-0.1, -0.05) is 65.0 Å². The summed E-state index contributed by atoms with van der Waals surface area (Å²) in [5.74, 6) is 1.58. The summed E-state index contributed by atoms with van der Waals surface area (Å²) in [6, 6.07) is 0. The lowest BCUT2D eigenvalue weighted by Gasteiger charge is -2.03. The number of allylic oxidation sites excluding steroid dienone is 2. The molecule has 0 saturated heterocycles. The Morgan fingerprint density at radius 1 is 0.800 bits per heavy atom. The highest BCUT2D eigenvalue weighted by molar-refractivity contribution is 4.79. The SMILES string of the molecule is CC/C=C/CCCCCCCC[C](C)C. The monoisotopic (exact) mass is 209 g/mol. The minimum absolute atomic E-state index is 1.19. The van der Waals surface area contributed by atoms with Crippen LogP contribution in [0.3, 0.4) is 0 Å². The molecule has 0 heterocycles. The zero-order chi connectivity index (χ0) is 11.4. The Hall–Kier alpha value is -0.260. The standard InChI is InChI=1S/C15H29/c1-4-5-6-7-8-9-10-11-12-13-14-15(2)3/h5-6H,4,7-14H2,1-3H3/b6-5+. The summed E-state index contributed by atoms with van der Waals surface area (Å²) in [5.41, 5.74) is 0. The third-order valence-corrected chi connectivity index (χ3v) is 2.70. The van der Waals surface area contributed by atoms with Crippen molar-refractivity contribution in [3.05, 3.63) is 18.1 Å². The molecule has 0 bridgehead atoms. The van der Waals surface area contributed by atoms with Crippen molar-refractivity contribution in [1.82, 2.24) is 0 Å². The van der Waals surface area contributed by atoms with Gasteiger partial charge in [-0.2, -0.15) is 0 Å². The van der Waals surface area contributed by atoms with E-state index in [1.165, 1.54) is 57.8 Å². The van der Waals surface area contributed by atoms with Gasteiger partial charge in [0.05, 0.1) is 0 Å². The molecule has 0 heteroatoms. The van der Waals surface area contributed by atoms with Crippen LogP contribution in [0.4, 0.5) is 0 Å². The molecule has 0 saturated carbocycles. The van der Waals surface area contributed by atoms with Crippen LogP contribution < -0.4 is 0 Å². The maximum absolute atomic E-state index is 2.33. The average Bonchev–Trinajstić information content (AvgIpc) is 2.20. The molecule has 0 atom stereocenters. The molecule has 0 aromatic heterocycles. The Morgan fingerprint density at radius 2 is 1.40 bits per heavy atom. The molecule has 0 aromatic carbocycles. The molecule has 89 valence electrons. The van der Waals surface area contributed by atoms with Gasteiger partial charge < -0.3 is 0 Å². The maximum atomic E-state index is 2.33. The van der Waals surface area contributed by atoms with Gasteiger partial charge in [-0.25, -0.2) is 0 Å². The predicted molar refractivity (Wildman–Crippen MR) is 71.0 cm³/mol. The summed E-state index contributed by atoms with van der Waals surface area (Å²) >= 11 is 0. The van der Waals surface area contributed by atoms with Gasteiger partial charge in [-0.05, 0) is 31.6 Å². The molecule has 0 aliphatic heterocycles. The molecule has 0 aliphatic carbocycles. The lowest BCUT2D eigenvalue weighted by Crippen LogP contribution is -1.85. The van der Waals surface area contributed by atoms with Gasteiger partial charge in [-0.15, -0.1) is 0 Å². The van der Waals surface area contributed by atoms with E-state index in [1.807, 2.05) is 0 Å². The number of hydrogen-bond donors (Lipinski definition) is 0. The van der Waals surface area contributed by atoms with Crippen molar-refractivity contribution >= 4 is 0 Å². The first-order chi connectivity index (χ1) is 7.27. The molecular formula is C15H29. The average molecular weight is 209 g/mol. The Morgan fingerprint density at radius 3 is 2.00 bits per heavy atom. The quantitative estimate of drug-likeness (QED) is 0.320. The smallest absolute Gasteiger partial charge is 0.0303 e. The van der Waals surface area contributed by atoms with Crippen LogP contribution in [0.5, 0.6) is 0 Å². The fraction of sp³-hybridized carbons (Fsp3) is 0.800. The highest BCUT2D eigenvalue weighted by Crippen LogP contribution is 2.12. The van der Waals surface area contributed by atoms with Crippen LogP contribution in [0.15, 0.2) is 12.2 Å². The Kier molecular flexibility index (Phi) is 11.6. The third-order valence-electron chi connectivity index (χ3n) is 2.70. The molecule has 0 aromatic rings. The molecule has 0 aliphatic rings. The molecule has 0 unspecified atom stereocenters. The zero-order valence-corrected chi connectivity index (χ0v) is 11.0. The second kappa shape index (κ2) is 11.8. The van der Waals surface area contributed by atoms with Crippen molar-refractivity contribution in [1.29, 1.82) is 0 Å². The van der Waals surface area contributed by atoms with E-state index in [0.29, 0.717) is 0 Å². The van der Waals surface area contributed by atoms with Gasteiger partial charge in [0, 0.05) is 0 Å².